The van der Waals surface area contributed by atoms with Crippen LogP contribution in [0.2, 0.25) is 0 Å². The fraction of sp³-hybridized carbons (Fsp3) is 0.316. The van der Waals surface area contributed by atoms with Crippen LogP contribution in [0.1, 0.15) is 13.3 Å². The van der Waals surface area contributed by atoms with Crippen LogP contribution < -0.4 is 15.0 Å². The standard InChI is InChI=1S/C19H21N3O3S/c1-3-25-16-7-5-4-6-15(16)22-12-13(10-18(22)23)19(24)21-14-8-9-17(26-2)20-11-14/h4-9,11,13H,3,10,12H2,1-2H3,(H,21,24). The van der Waals surface area contributed by atoms with Crippen LogP contribution >= 0.6 is 11.8 Å². The van der Waals surface area contributed by atoms with Gasteiger partial charge in [-0.05, 0) is 37.4 Å². The van der Waals surface area contributed by atoms with Gasteiger partial charge in [0.05, 0.1) is 35.1 Å². The highest BCUT2D eigenvalue weighted by atomic mass is 32.2. The number of nitrogens with one attached hydrogen (secondary N) is 1. The van der Waals surface area contributed by atoms with Crippen molar-refractivity contribution in [1.82, 2.24) is 4.98 Å². The molecule has 26 heavy (non-hydrogen) atoms. The zero-order valence-corrected chi connectivity index (χ0v) is 15.6. The third kappa shape index (κ3) is 3.99. The molecule has 1 aromatic carbocycles. The predicted octanol–water partition coefficient (Wildman–Crippen LogP) is 3.19. The molecule has 0 aliphatic carbocycles. The summed E-state index contributed by atoms with van der Waals surface area (Å²) in [6.45, 7) is 2.75. The van der Waals surface area contributed by atoms with E-state index >= 15 is 0 Å². The van der Waals surface area contributed by atoms with E-state index < -0.39 is 5.92 Å². The second-order valence-electron chi connectivity index (χ2n) is 5.88. The molecule has 2 aromatic rings. The summed E-state index contributed by atoms with van der Waals surface area (Å²) in [4.78, 5) is 30.9. The molecule has 2 amide bonds. The molecular formula is C19H21N3O3S. The van der Waals surface area contributed by atoms with Crippen LogP contribution in [0.15, 0.2) is 47.6 Å². The number of amides is 2. The highest BCUT2D eigenvalue weighted by molar-refractivity contribution is 7.98. The normalized spacial score (nSPS) is 16.6. The monoisotopic (exact) mass is 371 g/mol. The van der Waals surface area contributed by atoms with Crippen LogP contribution in [0.4, 0.5) is 11.4 Å². The number of hydrogen-bond acceptors (Lipinski definition) is 5. The average Bonchev–Trinajstić information content (AvgIpc) is 3.05. The predicted molar refractivity (Wildman–Crippen MR) is 103 cm³/mol. The third-order valence-corrected chi connectivity index (χ3v) is 4.82. The minimum absolute atomic E-state index is 0.0758. The van der Waals surface area contributed by atoms with E-state index in [0.717, 1.165) is 5.03 Å². The third-order valence-electron chi connectivity index (χ3n) is 4.16. The molecule has 0 saturated carbocycles. The average molecular weight is 371 g/mol. The first-order valence-electron chi connectivity index (χ1n) is 8.45. The summed E-state index contributed by atoms with van der Waals surface area (Å²) >= 11 is 1.54. The summed E-state index contributed by atoms with van der Waals surface area (Å²) in [5, 5.41) is 3.73. The number of carbonyl (C=O) groups excluding carboxylic acids is 2. The first-order valence-corrected chi connectivity index (χ1v) is 9.68. The van der Waals surface area contributed by atoms with Crippen molar-refractivity contribution < 1.29 is 14.3 Å². The highest BCUT2D eigenvalue weighted by Crippen LogP contribution is 2.33. The van der Waals surface area contributed by atoms with E-state index in [1.165, 1.54) is 11.8 Å². The van der Waals surface area contributed by atoms with Crippen LogP contribution in [0, 0.1) is 5.92 Å². The van der Waals surface area contributed by atoms with Crippen LogP contribution in [0.25, 0.3) is 0 Å². The van der Waals surface area contributed by atoms with Crippen LogP contribution in [-0.4, -0.2) is 36.2 Å². The summed E-state index contributed by atoms with van der Waals surface area (Å²) in [6.07, 6.45) is 3.75. The van der Waals surface area contributed by atoms with Gasteiger partial charge in [0, 0.05) is 13.0 Å². The number of carbonyl (C=O) groups is 2. The Labute approximate surface area is 156 Å². The van der Waals surface area contributed by atoms with Crippen LogP contribution in [0.3, 0.4) is 0 Å². The maximum atomic E-state index is 12.5. The van der Waals surface area contributed by atoms with Crippen molar-refractivity contribution in [3.8, 4) is 5.75 Å². The molecule has 1 N–H and O–H groups in total. The molecule has 136 valence electrons. The lowest BCUT2D eigenvalue weighted by Crippen LogP contribution is -2.28. The molecule has 1 aliphatic heterocycles. The molecule has 6 nitrogen and oxygen atoms in total. The number of aromatic nitrogens is 1. The Morgan fingerprint density at radius 1 is 1.35 bits per heavy atom. The molecular weight excluding hydrogens is 350 g/mol. The molecule has 1 saturated heterocycles. The van der Waals surface area contributed by atoms with Gasteiger partial charge in [0.15, 0.2) is 0 Å². The number of rotatable bonds is 6. The smallest absolute Gasteiger partial charge is 0.229 e. The van der Waals surface area contributed by atoms with Crippen molar-refractivity contribution in [2.24, 2.45) is 5.92 Å². The molecule has 1 unspecified atom stereocenters. The summed E-state index contributed by atoms with van der Waals surface area (Å²) in [7, 11) is 0. The van der Waals surface area contributed by atoms with Crippen LogP contribution in [-0.2, 0) is 9.59 Å². The number of para-hydroxylation sites is 2. The van der Waals surface area contributed by atoms with E-state index in [9.17, 15) is 9.59 Å². The number of ether oxygens (including phenoxy) is 1. The number of anilines is 2. The Bertz CT molecular complexity index is 795. The van der Waals surface area contributed by atoms with Crippen LogP contribution in [0.5, 0.6) is 5.75 Å². The largest absolute Gasteiger partial charge is 0.492 e. The zero-order chi connectivity index (χ0) is 18.5. The molecule has 3 rings (SSSR count). The van der Waals surface area contributed by atoms with Crippen molar-refractivity contribution in [3.05, 3.63) is 42.6 Å². The maximum Gasteiger partial charge on any atom is 0.229 e. The second-order valence-corrected chi connectivity index (χ2v) is 6.71. The Balaban J connectivity index is 1.70. The van der Waals surface area contributed by atoms with Crippen molar-refractivity contribution in [1.29, 1.82) is 0 Å². The van der Waals surface area contributed by atoms with E-state index in [1.54, 1.807) is 11.1 Å². The van der Waals surface area contributed by atoms with Crippen molar-refractivity contribution in [2.75, 3.05) is 29.6 Å². The van der Waals surface area contributed by atoms with E-state index in [1.807, 2.05) is 49.6 Å². The number of pyridine rings is 1. The molecule has 1 fully saturated rings. The minimum Gasteiger partial charge on any atom is -0.492 e. The summed E-state index contributed by atoms with van der Waals surface area (Å²) < 4.78 is 5.61. The van der Waals surface area contributed by atoms with Gasteiger partial charge in [0.1, 0.15) is 5.75 Å². The molecule has 1 atom stereocenters. The molecule has 1 aromatic heterocycles. The Morgan fingerprint density at radius 2 is 2.15 bits per heavy atom. The van der Waals surface area contributed by atoms with Gasteiger partial charge in [0.2, 0.25) is 11.8 Å². The molecule has 0 spiro atoms. The zero-order valence-electron chi connectivity index (χ0n) is 14.8. The maximum absolute atomic E-state index is 12.5. The first-order chi connectivity index (χ1) is 12.6. The van der Waals surface area contributed by atoms with Gasteiger partial charge >= 0.3 is 0 Å². The van der Waals surface area contributed by atoms with Gasteiger partial charge in [-0.2, -0.15) is 0 Å². The van der Waals surface area contributed by atoms with E-state index in [4.69, 9.17) is 4.74 Å². The molecule has 0 bridgehead atoms. The minimum atomic E-state index is -0.405. The lowest BCUT2D eigenvalue weighted by molar-refractivity contribution is -0.122. The summed E-state index contributed by atoms with van der Waals surface area (Å²) in [6, 6.07) is 11.1. The number of thioether (sulfide) groups is 1. The van der Waals surface area contributed by atoms with Crippen molar-refractivity contribution in [3.63, 3.8) is 0 Å². The summed E-state index contributed by atoms with van der Waals surface area (Å²) in [5.74, 6) is 0.000253. The van der Waals surface area contributed by atoms with Gasteiger partial charge in [-0.15, -0.1) is 11.8 Å². The number of benzene rings is 1. The SMILES string of the molecule is CCOc1ccccc1N1CC(C(=O)Nc2ccc(SC)nc2)CC1=O. The number of nitrogens with zero attached hydrogens (tertiary/aromatic N) is 2. The quantitative estimate of drug-likeness (QED) is 0.790. The lowest BCUT2D eigenvalue weighted by atomic mass is 10.1. The second kappa shape index (κ2) is 8.23. The van der Waals surface area contributed by atoms with Crippen molar-refractivity contribution >= 4 is 35.0 Å². The topological polar surface area (TPSA) is 71.5 Å². The summed E-state index contributed by atoms with van der Waals surface area (Å²) in [5.41, 5.74) is 1.34. The van der Waals surface area contributed by atoms with Gasteiger partial charge in [-0.1, -0.05) is 12.1 Å². The van der Waals surface area contributed by atoms with E-state index in [0.29, 0.717) is 30.3 Å². The molecule has 7 heteroatoms. The van der Waals surface area contributed by atoms with E-state index in [-0.39, 0.29) is 18.2 Å². The van der Waals surface area contributed by atoms with Gasteiger partial charge < -0.3 is 15.0 Å². The molecule has 0 radical (unpaired) electrons. The number of hydrogen-bond donors (Lipinski definition) is 1. The van der Waals surface area contributed by atoms with Gasteiger partial charge in [-0.25, -0.2) is 4.98 Å². The van der Waals surface area contributed by atoms with Gasteiger partial charge in [0.25, 0.3) is 0 Å². The van der Waals surface area contributed by atoms with Crippen molar-refractivity contribution in [2.45, 2.75) is 18.4 Å². The Morgan fingerprint density at radius 3 is 2.85 bits per heavy atom. The molecule has 2 heterocycles. The van der Waals surface area contributed by atoms with E-state index in [2.05, 4.69) is 10.3 Å². The first kappa shape index (κ1) is 18.3. The molecule has 1 aliphatic rings. The highest BCUT2D eigenvalue weighted by Gasteiger charge is 2.36. The Hall–Kier alpha value is -2.54. The lowest BCUT2D eigenvalue weighted by Gasteiger charge is -2.20. The fourth-order valence-electron chi connectivity index (χ4n) is 2.89. The van der Waals surface area contributed by atoms with Gasteiger partial charge in [-0.3, -0.25) is 9.59 Å². The Kier molecular flexibility index (Phi) is 5.78. The fourth-order valence-corrected chi connectivity index (χ4v) is 3.26.